The highest BCUT2D eigenvalue weighted by atomic mass is 32.2. The average Bonchev–Trinajstić information content (AvgIpc) is 2.72. The third-order valence-corrected chi connectivity index (χ3v) is 6.18. The van der Waals surface area contributed by atoms with Gasteiger partial charge in [0.05, 0.1) is 10.6 Å². The van der Waals surface area contributed by atoms with Crippen LogP contribution in [0.25, 0.3) is 0 Å². The first-order valence-electron chi connectivity index (χ1n) is 8.23. The minimum atomic E-state index is 0.207. The van der Waals surface area contributed by atoms with Crippen LogP contribution in [0, 0.1) is 0 Å². The number of carbonyl (C=O) groups excluding carboxylic acids is 1. The van der Waals surface area contributed by atoms with Crippen LogP contribution in [-0.4, -0.2) is 28.0 Å². The minimum Gasteiger partial charge on any atom is -0.327 e. The lowest BCUT2D eigenvalue weighted by Crippen LogP contribution is -2.46. The normalized spacial score (nSPS) is 22.4. The summed E-state index contributed by atoms with van der Waals surface area (Å²) in [5, 5.41) is 0. The summed E-state index contributed by atoms with van der Waals surface area (Å²) >= 11 is 1.93. The number of hydrogen-bond acceptors (Lipinski definition) is 2. The molecular formula is C16H29NOS. The number of hydrogen-bond donors (Lipinski definition) is 0. The molecule has 110 valence electrons. The lowest BCUT2D eigenvalue weighted by Gasteiger charge is -2.40. The Labute approximate surface area is 122 Å². The number of thioether (sulfide) groups is 1. The van der Waals surface area contributed by atoms with Gasteiger partial charge in [-0.15, -0.1) is 11.8 Å². The molecule has 19 heavy (non-hydrogen) atoms. The second-order valence-corrected chi connectivity index (χ2v) is 7.45. The van der Waals surface area contributed by atoms with E-state index in [9.17, 15) is 4.79 Å². The number of rotatable bonds is 7. The zero-order chi connectivity index (χ0) is 13.6. The van der Waals surface area contributed by atoms with Crippen molar-refractivity contribution >= 4 is 17.7 Å². The van der Waals surface area contributed by atoms with Crippen molar-refractivity contribution in [3.05, 3.63) is 0 Å². The molecule has 3 heteroatoms. The lowest BCUT2D eigenvalue weighted by molar-refractivity contribution is -0.131. The predicted octanol–water partition coefficient (Wildman–Crippen LogP) is 4.58. The average molecular weight is 283 g/mol. The van der Waals surface area contributed by atoms with Gasteiger partial charge in [-0.1, -0.05) is 58.3 Å². The Balaban J connectivity index is 1.75. The van der Waals surface area contributed by atoms with Crippen LogP contribution >= 0.6 is 11.8 Å². The molecule has 0 unspecified atom stereocenters. The van der Waals surface area contributed by atoms with Crippen LogP contribution in [0.2, 0.25) is 0 Å². The molecule has 1 saturated carbocycles. The molecule has 1 amide bonds. The molecule has 0 aromatic rings. The van der Waals surface area contributed by atoms with Gasteiger partial charge in [0.1, 0.15) is 0 Å². The summed E-state index contributed by atoms with van der Waals surface area (Å²) in [6, 6.07) is 0. The van der Waals surface area contributed by atoms with Gasteiger partial charge in [-0.25, -0.2) is 0 Å². The van der Waals surface area contributed by atoms with Crippen molar-refractivity contribution in [2.45, 2.75) is 82.4 Å². The first-order chi connectivity index (χ1) is 9.28. The standard InChI is InChI=1S/C16H29NOS/c1-2-3-4-5-6-10-13-17-15(18)14-19-16(17)11-8-7-9-12-16/h2-14H2,1H3. The lowest BCUT2D eigenvalue weighted by atomic mass is 9.93. The molecule has 0 N–H and O–H groups in total. The SMILES string of the molecule is CCCCCCCCN1C(=O)CSC12CCCCC2. The third-order valence-electron chi connectivity index (χ3n) is 4.63. The Morgan fingerprint density at radius 1 is 1.05 bits per heavy atom. The van der Waals surface area contributed by atoms with E-state index in [0.717, 1.165) is 12.3 Å². The number of nitrogens with zero attached hydrogens (tertiary/aromatic N) is 1. The first-order valence-corrected chi connectivity index (χ1v) is 9.21. The fourth-order valence-electron chi connectivity index (χ4n) is 3.48. The Bertz CT molecular complexity index is 286. The quantitative estimate of drug-likeness (QED) is 0.637. The van der Waals surface area contributed by atoms with Gasteiger partial charge in [0.15, 0.2) is 0 Å². The Morgan fingerprint density at radius 2 is 1.74 bits per heavy atom. The summed E-state index contributed by atoms with van der Waals surface area (Å²) in [6.45, 7) is 3.27. The third kappa shape index (κ3) is 3.90. The molecule has 0 atom stereocenters. The van der Waals surface area contributed by atoms with Crippen molar-refractivity contribution in [2.75, 3.05) is 12.3 Å². The fourth-order valence-corrected chi connectivity index (χ4v) is 4.95. The van der Waals surface area contributed by atoms with Crippen molar-refractivity contribution in [2.24, 2.45) is 0 Å². The van der Waals surface area contributed by atoms with Crippen LogP contribution in [0.5, 0.6) is 0 Å². The smallest absolute Gasteiger partial charge is 0.233 e. The van der Waals surface area contributed by atoms with Crippen LogP contribution in [0.3, 0.4) is 0 Å². The van der Waals surface area contributed by atoms with Gasteiger partial charge >= 0.3 is 0 Å². The van der Waals surface area contributed by atoms with Crippen LogP contribution in [-0.2, 0) is 4.79 Å². The Hall–Kier alpha value is -0.180. The van der Waals surface area contributed by atoms with Crippen LogP contribution in [0.4, 0.5) is 0 Å². The summed E-state index contributed by atoms with van der Waals surface area (Å²) in [4.78, 5) is 14.6. The van der Waals surface area contributed by atoms with Gasteiger partial charge < -0.3 is 4.90 Å². The summed E-state index contributed by atoms with van der Waals surface area (Å²) in [6.07, 6.45) is 14.3. The first kappa shape index (κ1) is 15.2. The molecule has 2 aliphatic rings. The molecule has 0 radical (unpaired) electrons. The molecule has 1 aliphatic heterocycles. The highest BCUT2D eigenvalue weighted by molar-refractivity contribution is 8.01. The summed E-state index contributed by atoms with van der Waals surface area (Å²) in [5.41, 5.74) is 0. The minimum absolute atomic E-state index is 0.207. The van der Waals surface area contributed by atoms with Crippen molar-refractivity contribution in [1.82, 2.24) is 4.90 Å². The van der Waals surface area contributed by atoms with Gasteiger partial charge in [0, 0.05) is 6.54 Å². The second-order valence-electron chi connectivity index (χ2n) is 6.11. The zero-order valence-electron chi connectivity index (χ0n) is 12.5. The van der Waals surface area contributed by atoms with E-state index in [1.807, 2.05) is 11.8 Å². The van der Waals surface area contributed by atoms with E-state index >= 15 is 0 Å². The molecular weight excluding hydrogens is 254 g/mol. The fraction of sp³-hybridized carbons (Fsp3) is 0.938. The Morgan fingerprint density at radius 3 is 2.47 bits per heavy atom. The van der Waals surface area contributed by atoms with E-state index < -0.39 is 0 Å². The Kier molecular flexibility index (Phi) is 6.06. The molecule has 2 nitrogen and oxygen atoms in total. The predicted molar refractivity (Wildman–Crippen MR) is 83.4 cm³/mol. The monoisotopic (exact) mass is 283 g/mol. The molecule has 1 heterocycles. The van der Waals surface area contributed by atoms with Gasteiger partial charge in [-0.2, -0.15) is 0 Å². The van der Waals surface area contributed by atoms with E-state index in [4.69, 9.17) is 0 Å². The van der Waals surface area contributed by atoms with Gasteiger partial charge in [0.2, 0.25) is 5.91 Å². The number of carbonyl (C=O) groups is 1. The molecule has 2 fully saturated rings. The molecule has 1 saturated heterocycles. The highest BCUT2D eigenvalue weighted by Crippen LogP contribution is 2.47. The van der Waals surface area contributed by atoms with E-state index in [1.54, 1.807) is 0 Å². The topological polar surface area (TPSA) is 20.3 Å². The zero-order valence-corrected chi connectivity index (χ0v) is 13.3. The molecule has 0 aromatic heterocycles. The van der Waals surface area contributed by atoms with Crippen LogP contribution in [0.1, 0.15) is 77.6 Å². The van der Waals surface area contributed by atoms with Crippen LogP contribution < -0.4 is 0 Å². The molecule has 0 aromatic carbocycles. The summed E-state index contributed by atoms with van der Waals surface area (Å²) in [7, 11) is 0. The maximum absolute atomic E-state index is 12.1. The largest absolute Gasteiger partial charge is 0.327 e. The number of amides is 1. The van der Waals surface area contributed by atoms with E-state index in [1.165, 1.54) is 70.6 Å². The summed E-state index contributed by atoms with van der Waals surface area (Å²) in [5.74, 6) is 1.14. The maximum Gasteiger partial charge on any atom is 0.233 e. The molecule has 2 rings (SSSR count). The van der Waals surface area contributed by atoms with E-state index in [2.05, 4.69) is 11.8 Å². The van der Waals surface area contributed by atoms with E-state index in [-0.39, 0.29) is 4.87 Å². The van der Waals surface area contributed by atoms with Gasteiger partial charge in [-0.3, -0.25) is 4.79 Å². The van der Waals surface area contributed by atoms with Crippen LogP contribution in [0.15, 0.2) is 0 Å². The molecule has 0 bridgehead atoms. The van der Waals surface area contributed by atoms with Crippen molar-refractivity contribution < 1.29 is 4.79 Å². The van der Waals surface area contributed by atoms with E-state index in [0.29, 0.717) is 5.91 Å². The van der Waals surface area contributed by atoms with Gasteiger partial charge in [-0.05, 0) is 19.3 Å². The summed E-state index contributed by atoms with van der Waals surface area (Å²) < 4.78 is 0. The van der Waals surface area contributed by atoms with Crippen molar-refractivity contribution in [3.63, 3.8) is 0 Å². The molecule has 1 spiro atoms. The number of unbranched alkanes of at least 4 members (excludes halogenated alkanes) is 5. The van der Waals surface area contributed by atoms with Crippen molar-refractivity contribution in [3.8, 4) is 0 Å². The van der Waals surface area contributed by atoms with Gasteiger partial charge in [0.25, 0.3) is 0 Å². The second kappa shape index (κ2) is 7.56. The highest BCUT2D eigenvalue weighted by Gasteiger charge is 2.45. The maximum atomic E-state index is 12.1. The van der Waals surface area contributed by atoms with Crippen molar-refractivity contribution in [1.29, 1.82) is 0 Å². The molecule has 1 aliphatic carbocycles.